The molecule has 0 aromatic carbocycles. The Hall–Kier alpha value is -1.11. The Labute approximate surface area is 66.8 Å². The molecule has 2 rings (SSSR count). The van der Waals surface area contributed by atoms with Gasteiger partial charge >= 0.3 is 0 Å². The Morgan fingerprint density at radius 3 is 3.00 bits per heavy atom. The minimum atomic E-state index is 0.775. The van der Waals surface area contributed by atoms with E-state index in [0.29, 0.717) is 0 Å². The molecule has 1 aromatic rings. The summed E-state index contributed by atoms with van der Waals surface area (Å²) in [5.41, 5.74) is 2.63. The lowest BCUT2D eigenvalue weighted by molar-refractivity contribution is 1.09. The van der Waals surface area contributed by atoms with Crippen molar-refractivity contribution in [2.45, 2.75) is 18.8 Å². The van der Waals surface area contributed by atoms with Gasteiger partial charge in [-0.15, -0.1) is 0 Å². The second-order valence-electron chi connectivity index (χ2n) is 2.98. The first-order valence-corrected chi connectivity index (χ1v) is 3.98. The van der Waals surface area contributed by atoms with E-state index in [1.54, 1.807) is 0 Å². The maximum atomic E-state index is 4.11. The van der Waals surface area contributed by atoms with Crippen LogP contribution in [0.3, 0.4) is 0 Å². The molecule has 1 heterocycles. The largest absolute Gasteiger partial charge is 0.264 e. The van der Waals surface area contributed by atoms with Gasteiger partial charge in [-0.3, -0.25) is 4.98 Å². The second-order valence-corrected chi connectivity index (χ2v) is 2.98. The molecular formula is C10H11N. The number of hydrogen-bond acceptors (Lipinski definition) is 1. The van der Waals surface area contributed by atoms with Crippen LogP contribution in [-0.2, 0) is 0 Å². The fraction of sp³-hybridized carbons (Fsp3) is 0.300. The van der Waals surface area contributed by atoms with E-state index < -0.39 is 0 Å². The van der Waals surface area contributed by atoms with E-state index >= 15 is 0 Å². The first kappa shape index (κ1) is 6.59. The van der Waals surface area contributed by atoms with Gasteiger partial charge in [-0.25, -0.2) is 0 Å². The number of rotatable bonds is 2. The number of pyridine rings is 1. The normalized spacial score (nSPS) is 16.4. The lowest BCUT2D eigenvalue weighted by Crippen LogP contribution is -1.85. The zero-order chi connectivity index (χ0) is 7.68. The Kier molecular flexibility index (Phi) is 1.50. The highest BCUT2D eigenvalue weighted by Gasteiger charge is 2.25. The molecule has 0 spiro atoms. The highest BCUT2D eigenvalue weighted by Crippen LogP contribution is 2.41. The third-order valence-electron chi connectivity index (χ3n) is 2.12. The summed E-state index contributed by atoms with van der Waals surface area (Å²) >= 11 is 0. The van der Waals surface area contributed by atoms with E-state index in [9.17, 15) is 0 Å². The van der Waals surface area contributed by atoms with E-state index in [1.807, 2.05) is 24.5 Å². The van der Waals surface area contributed by atoms with Crippen molar-refractivity contribution >= 4 is 6.08 Å². The van der Waals surface area contributed by atoms with Gasteiger partial charge in [0, 0.05) is 12.4 Å². The van der Waals surface area contributed by atoms with Crippen LogP contribution in [0.15, 0.2) is 25.0 Å². The molecule has 1 heteroatoms. The Balaban J connectivity index is 2.42. The average molecular weight is 145 g/mol. The van der Waals surface area contributed by atoms with Gasteiger partial charge < -0.3 is 0 Å². The molecule has 1 aliphatic rings. The average Bonchev–Trinajstić information content (AvgIpc) is 2.87. The third kappa shape index (κ3) is 1.18. The molecule has 1 aliphatic carbocycles. The summed E-state index contributed by atoms with van der Waals surface area (Å²) in [5.74, 6) is 0.775. The lowest BCUT2D eigenvalue weighted by Gasteiger charge is -2.00. The van der Waals surface area contributed by atoms with Crippen LogP contribution in [0.25, 0.3) is 6.08 Å². The molecule has 0 bridgehead atoms. The molecule has 1 fully saturated rings. The first-order chi connectivity index (χ1) is 5.42. The van der Waals surface area contributed by atoms with Crippen LogP contribution < -0.4 is 0 Å². The number of nitrogens with zero attached hydrogens (tertiary/aromatic N) is 1. The van der Waals surface area contributed by atoms with Crippen molar-refractivity contribution in [1.82, 2.24) is 4.98 Å². The van der Waals surface area contributed by atoms with Crippen LogP contribution in [0.2, 0.25) is 0 Å². The minimum absolute atomic E-state index is 0.775. The Bertz CT molecular complexity index is 274. The SMILES string of the molecule is C=Cc1ccncc1C1CC1. The molecule has 0 unspecified atom stereocenters. The molecule has 0 N–H and O–H groups in total. The van der Waals surface area contributed by atoms with Gasteiger partial charge in [0.25, 0.3) is 0 Å². The van der Waals surface area contributed by atoms with Crippen molar-refractivity contribution < 1.29 is 0 Å². The van der Waals surface area contributed by atoms with Gasteiger partial charge in [0.2, 0.25) is 0 Å². The summed E-state index contributed by atoms with van der Waals surface area (Å²) in [6.45, 7) is 3.77. The smallest absolute Gasteiger partial charge is 0.0308 e. The van der Waals surface area contributed by atoms with E-state index in [1.165, 1.54) is 24.0 Å². The van der Waals surface area contributed by atoms with Gasteiger partial charge in [-0.2, -0.15) is 0 Å². The standard InChI is InChI=1S/C10H11N/c1-2-8-5-6-11-7-10(8)9-3-4-9/h2,5-7,9H,1,3-4H2. The van der Waals surface area contributed by atoms with Crippen molar-refractivity contribution in [3.05, 3.63) is 36.2 Å². The molecule has 0 aliphatic heterocycles. The summed E-state index contributed by atoms with van der Waals surface area (Å²) in [6.07, 6.45) is 8.35. The molecule has 11 heavy (non-hydrogen) atoms. The van der Waals surface area contributed by atoms with Crippen LogP contribution in [0, 0.1) is 0 Å². The van der Waals surface area contributed by atoms with E-state index in [0.717, 1.165) is 5.92 Å². The van der Waals surface area contributed by atoms with Gasteiger partial charge in [0.1, 0.15) is 0 Å². The summed E-state index contributed by atoms with van der Waals surface area (Å²) in [7, 11) is 0. The van der Waals surface area contributed by atoms with Crippen LogP contribution in [0.1, 0.15) is 29.9 Å². The van der Waals surface area contributed by atoms with Crippen LogP contribution >= 0.6 is 0 Å². The number of hydrogen-bond donors (Lipinski definition) is 0. The molecule has 56 valence electrons. The fourth-order valence-corrected chi connectivity index (χ4v) is 1.34. The highest BCUT2D eigenvalue weighted by molar-refractivity contribution is 5.52. The fourth-order valence-electron chi connectivity index (χ4n) is 1.34. The predicted octanol–water partition coefficient (Wildman–Crippen LogP) is 2.60. The third-order valence-corrected chi connectivity index (χ3v) is 2.12. The predicted molar refractivity (Wildman–Crippen MR) is 46.3 cm³/mol. The molecule has 1 saturated carbocycles. The maximum absolute atomic E-state index is 4.11. The van der Waals surface area contributed by atoms with Gasteiger partial charge in [-0.1, -0.05) is 12.7 Å². The quantitative estimate of drug-likeness (QED) is 0.623. The van der Waals surface area contributed by atoms with Gasteiger partial charge in [0.05, 0.1) is 0 Å². The Morgan fingerprint density at radius 2 is 2.36 bits per heavy atom. The van der Waals surface area contributed by atoms with Gasteiger partial charge in [0.15, 0.2) is 0 Å². The van der Waals surface area contributed by atoms with Crippen molar-refractivity contribution in [2.75, 3.05) is 0 Å². The lowest BCUT2D eigenvalue weighted by atomic mass is 10.1. The van der Waals surface area contributed by atoms with E-state index in [2.05, 4.69) is 11.6 Å². The molecule has 1 aromatic heterocycles. The number of aromatic nitrogens is 1. The van der Waals surface area contributed by atoms with Crippen LogP contribution in [0.5, 0.6) is 0 Å². The second kappa shape index (κ2) is 2.50. The van der Waals surface area contributed by atoms with Crippen molar-refractivity contribution in [2.24, 2.45) is 0 Å². The molecule has 0 radical (unpaired) electrons. The van der Waals surface area contributed by atoms with Crippen molar-refractivity contribution in [1.29, 1.82) is 0 Å². The van der Waals surface area contributed by atoms with Gasteiger partial charge in [-0.05, 0) is 36.0 Å². The first-order valence-electron chi connectivity index (χ1n) is 3.98. The summed E-state index contributed by atoms with van der Waals surface area (Å²) < 4.78 is 0. The molecule has 0 saturated heterocycles. The molecular weight excluding hydrogens is 134 g/mol. The van der Waals surface area contributed by atoms with Crippen LogP contribution in [-0.4, -0.2) is 4.98 Å². The minimum Gasteiger partial charge on any atom is -0.264 e. The topological polar surface area (TPSA) is 12.9 Å². The molecule has 0 atom stereocenters. The summed E-state index contributed by atoms with van der Waals surface area (Å²) in [6, 6.07) is 2.03. The zero-order valence-electron chi connectivity index (χ0n) is 6.46. The molecule has 0 amide bonds. The van der Waals surface area contributed by atoms with Crippen molar-refractivity contribution in [3.63, 3.8) is 0 Å². The monoisotopic (exact) mass is 145 g/mol. The van der Waals surface area contributed by atoms with Crippen molar-refractivity contribution in [3.8, 4) is 0 Å². The summed E-state index contributed by atoms with van der Waals surface area (Å²) in [4.78, 5) is 4.11. The Morgan fingerprint density at radius 1 is 1.55 bits per heavy atom. The summed E-state index contributed by atoms with van der Waals surface area (Å²) in [5, 5.41) is 0. The highest BCUT2D eigenvalue weighted by atomic mass is 14.6. The maximum Gasteiger partial charge on any atom is 0.0308 e. The zero-order valence-corrected chi connectivity index (χ0v) is 6.46. The van der Waals surface area contributed by atoms with Crippen LogP contribution in [0.4, 0.5) is 0 Å². The van der Waals surface area contributed by atoms with E-state index in [-0.39, 0.29) is 0 Å². The molecule has 1 nitrogen and oxygen atoms in total. The van der Waals surface area contributed by atoms with E-state index in [4.69, 9.17) is 0 Å².